The van der Waals surface area contributed by atoms with E-state index in [1.54, 1.807) is 36.4 Å². The van der Waals surface area contributed by atoms with Crippen molar-refractivity contribution in [3.05, 3.63) is 55.6 Å². The zero-order chi connectivity index (χ0) is 17.7. The van der Waals surface area contributed by atoms with Crippen molar-refractivity contribution in [1.82, 2.24) is 0 Å². The summed E-state index contributed by atoms with van der Waals surface area (Å²) in [4.78, 5) is 35.9. The minimum absolute atomic E-state index is 0.0263. The Labute approximate surface area is 155 Å². The minimum Gasteiger partial charge on any atom is -0.447 e. The zero-order valence-corrected chi connectivity index (χ0v) is 15.5. The van der Waals surface area contributed by atoms with Gasteiger partial charge in [-0.25, -0.2) is 0 Å². The van der Waals surface area contributed by atoms with Gasteiger partial charge in [0.15, 0.2) is 5.78 Å². The molecule has 0 radical (unpaired) electrons. The zero-order valence-electron chi connectivity index (χ0n) is 12.3. The second-order valence-electron chi connectivity index (χ2n) is 4.85. The first-order valence-corrected chi connectivity index (χ1v) is 8.88. The van der Waals surface area contributed by atoms with E-state index in [9.17, 15) is 14.4 Å². The van der Waals surface area contributed by atoms with Crippen LogP contribution in [0.3, 0.4) is 0 Å². The number of nitrogens with two attached hydrogens (primary N) is 1. The summed E-state index contributed by atoms with van der Waals surface area (Å²) in [5.74, 6) is -1.65. The second kappa shape index (κ2) is 8.41. The Morgan fingerprint density at radius 1 is 1.12 bits per heavy atom. The van der Waals surface area contributed by atoms with E-state index in [-0.39, 0.29) is 18.6 Å². The minimum atomic E-state index is -1.18. The monoisotopic (exact) mass is 429 g/mol. The van der Waals surface area contributed by atoms with Gasteiger partial charge in [-0.1, -0.05) is 39.7 Å². The number of thiophene rings is 1. The molecular formula is C16H13BrClNO4S. The molecule has 1 aromatic heterocycles. The Hall–Kier alpha value is -1.70. The number of Topliss-reactive ketones (excluding diaryl/α,β-unsaturated/α-hetero) is 1. The summed E-state index contributed by atoms with van der Waals surface area (Å²) in [6, 6.07) is 9.91. The van der Waals surface area contributed by atoms with Crippen LogP contribution in [0, 0.1) is 0 Å². The highest BCUT2D eigenvalue weighted by Gasteiger charge is 2.23. The van der Waals surface area contributed by atoms with E-state index in [2.05, 4.69) is 15.9 Å². The van der Waals surface area contributed by atoms with Crippen LogP contribution in [0.25, 0.3) is 0 Å². The van der Waals surface area contributed by atoms with Crippen molar-refractivity contribution >= 4 is 56.5 Å². The van der Waals surface area contributed by atoms with Gasteiger partial charge in [0.25, 0.3) is 5.91 Å². The standard InChI is InChI=1S/C16H13BrClNO4S/c17-10-3-1-9(2-4-10)15(16(19)22)23-14(21)8-5-11(20)12-6-7-13(18)24-12/h1-4,6-7,15H,5,8H2,(H2,19,22). The predicted molar refractivity (Wildman–Crippen MR) is 95.1 cm³/mol. The molecular weight excluding hydrogens is 418 g/mol. The summed E-state index contributed by atoms with van der Waals surface area (Å²) < 4.78 is 6.45. The van der Waals surface area contributed by atoms with Crippen LogP contribution in [0.2, 0.25) is 4.34 Å². The van der Waals surface area contributed by atoms with Gasteiger partial charge >= 0.3 is 5.97 Å². The average molecular weight is 431 g/mol. The molecule has 0 fully saturated rings. The fourth-order valence-electron chi connectivity index (χ4n) is 1.92. The van der Waals surface area contributed by atoms with Gasteiger partial charge in [-0.15, -0.1) is 11.3 Å². The molecule has 0 bridgehead atoms. The summed E-state index contributed by atoms with van der Waals surface area (Å²) in [6.45, 7) is 0. The quantitative estimate of drug-likeness (QED) is 0.533. The Bertz CT molecular complexity index is 760. The number of benzene rings is 1. The maximum atomic E-state index is 11.9. The molecule has 5 nitrogen and oxygen atoms in total. The molecule has 2 rings (SSSR count). The molecule has 0 saturated heterocycles. The van der Waals surface area contributed by atoms with Gasteiger partial charge in [0, 0.05) is 16.5 Å². The van der Waals surface area contributed by atoms with Crippen LogP contribution in [-0.2, 0) is 14.3 Å². The van der Waals surface area contributed by atoms with Gasteiger partial charge in [0.1, 0.15) is 0 Å². The summed E-state index contributed by atoms with van der Waals surface area (Å²) in [6.07, 6.45) is -1.35. The number of carbonyl (C=O) groups is 3. The molecule has 1 heterocycles. The first-order valence-electron chi connectivity index (χ1n) is 6.89. The summed E-state index contributed by atoms with van der Waals surface area (Å²) in [7, 11) is 0. The van der Waals surface area contributed by atoms with Crippen LogP contribution in [0.4, 0.5) is 0 Å². The maximum absolute atomic E-state index is 11.9. The van der Waals surface area contributed by atoms with E-state index >= 15 is 0 Å². The van der Waals surface area contributed by atoms with Gasteiger partial charge in [-0.3, -0.25) is 14.4 Å². The normalized spacial score (nSPS) is 11.8. The number of hydrogen-bond acceptors (Lipinski definition) is 5. The Morgan fingerprint density at radius 3 is 2.33 bits per heavy atom. The number of amides is 1. The molecule has 0 spiro atoms. The molecule has 1 amide bonds. The maximum Gasteiger partial charge on any atom is 0.307 e. The number of rotatable bonds is 7. The molecule has 8 heteroatoms. The highest BCUT2D eigenvalue weighted by atomic mass is 79.9. The van der Waals surface area contributed by atoms with Crippen molar-refractivity contribution in [2.45, 2.75) is 18.9 Å². The number of halogens is 2. The van der Waals surface area contributed by atoms with E-state index < -0.39 is 18.0 Å². The van der Waals surface area contributed by atoms with Crippen molar-refractivity contribution in [2.24, 2.45) is 5.73 Å². The molecule has 0 aliphatic heterocycles. The van der Waals surface area contributed by atoms with E-state index in [1.165, 1.54) is 0 Å². The van der Waals surface area contributed by atoms with Crippen LogP contribution in [-0.4, -0.2) is 17.7 Å². The van der Waals surface area contributed by atoms with Crippen LogP contribution in [0.15, 0.2) is 40.9 Å². The van der Waals surface area contributed by atoms with Gasteiger partial charge in [-0.2, -0.15) is 0 Å². The second-order valence-corrected chi connectivity index (χ2v) is 7.48. The molecule has 2 aromatic rings. The lowest BCUT2D eigenvalue weighted by molar-refractivity contribution is -0.155. The van der Waals surface area contributed by atoms with Crippen LogP contribution in [0.5, 0.6) is 0 Å². The van der Waals surface area contributed by atoms with Crippen molar-refractivity contribution in [3.63, 3.8) is 0 Å². The van der Waals surface area contributed by atoms with Crippen LogP contribution in [0.1, 0.15) is 34.2 Å². The van der Waals surface area contributed by atoms with E-state index in [0.29, 0.717) is 14.8 Å². The number of primary amides is 1. The molecule has 24 heavy (non-hydrogen) atoms. The van der Waals surface area contributed by atoms with Crippen LogP contribution >= 0.6 is 38.9 Å². The van der Waals surface area contributed by atoms with E-state index in [4.69, 9.17) is 22.1 Å². The highest BCUT2D eigenvalue weighted by molar-refractivity contribution is 9.10. The molecule has 1 atom stereocenters. The third-order valence-electron chi connectivity index (χ3n) is 3.08. The van der Waals surface area contributed by atoms with E-state index in [0.717, 1.165) is 15.8 Å². The first kappa shape index (κ1) is 18.6. The predicted octanol–water partition coefficient (Wildman–Crippen LogP) is 3.90. The number of carbonyl (C=O) groups excluding carboxylic acids is 3. The number of ketones is 1. The Morgan fingerprint density at radius 2 is 1.79 bits per heavy atom. The van der Waals surface area contributed by atoms with Crippen molar-refractivity contribution in [3.8, 4) is 0 Å². The largest absolute Gasteiger partial charge is 0.447 e. The van der Waals surface area contributed by atoms with Crippen LogP contribution < -0.4 is 5.73 Å². The molecule has 1 aromatic carbocycles. The van der Waals surface area contributed by atoms with Gasteiger partial charge in [0.05, 0.1) is 15.6 Å². The number of esters is 1. The Kier molecular flexibility index (Phi) is 6.53. The van der Waals surface area contributed by atoms with Gasteiger partial charge in [0.2, 0.25) is 6.10 Å². The van der Waals surface area contributed by atoms with Gasteiger partial charge < -0.3 is 10.5 Å². The fraction of sp³-hybridized carbons (Fsp3) is 0.188. The number of ether oxygens (including phenoxy) is 1. The molecule has 0 saturated carbocycles. The van der Waals surface area contributed by atoms with E-state index in [1.807, 2.05) is 0 Å². The molecule has 1 unspecified atom stereocenters. The average Bonchev–Trinajstić information content (AvgIpc) is 2.97. The first-order chi connectivity index (χ1) is 11.4. The lowest BCUT2D eigenvalue weighted by Crippen LogP contribution is -2.26. The lowest BCUT2D eigenvalue weighted by atomic mass is 10.1. The lowest BCUT2D eigenvalue weighted by Gasteiger charge is -2.15. The molecule has 2 N–H and O–H groups in total. The van der Waals surface area contributed by atoms with Crippen molar-refractivity contribution in [1.29, 1.82) is 0 Å². The van der Waals surface area contributed by atoms with Gasteiger partial charge in [-0.05, 0) is 24.3 Å². The smallest absolute Gasteiger partial charge is 0.307 e. The topological polar surface area (TPSA) is 86.5 Å². The third-order valence-corrected chi connectivity index (χ3v) is 4.89. The molecule has 0 aliphatic carbocycles. The third kappa shape index (κ3) is 5.15. The molecule has 0 aliphatic rings. The molecule has 126 valence electrons. The summed E-state index contributed by atoms with van der Waals surface area (Å²) in [5.41, 5.74) is 5.77. The SMILES string of the molecule is NC(=O)C(OC(=O)CCC(=O)c1ccc(Cl)s1)c1ccc(Br)cc1. The highest BCUT2D eigenvalue weighted by Crippen LogP contribution is 2.24. The van der Waals surface area contributed by atoms with Crippen molar-refractivity contribution in [2.75, 3.05) is 0 Å². The van der Waals surface area contributed by atoms with Crippen molar-refractivity contribution < 1.29 is 19.1 Å². The summed E-state index contributed by atoms with van der Waals surface area (Å²) >= 11 is 10.2. The fourth-order valence-corrected chi connectivity index (χ4v) is 3.20. The summed E-state index contributed by atoms with van der Waals surface area (Å²) in [5, 5.41) is 0. The number of hydrogen-bond donors (Lipinski definition) is 1. The Balaban J connectivity index is 1.94.